The van der Waals surface area contributed by atoms with Crippen molar-refractivity contribution in [3.05, 3.63) is 75.2 Å². The molecule has 2 aromatic carbocycles. The molecule has 1 aromatic heterocycles. The zero-order chi connectivity index (χ0) is 23.9. The van der Waals surface area contributed by atoms with E-state index in [1.54, 1.807) is 4.68 Å². The molecule has 0 aliphatic carbocycles. The van der Waals surface area contributed by atoms with Gasteiger partial charge in [0.1, 0.15) is 0 Å². The van der Waals surface area contributed by atoms with E-state index in [1.165, 1.54) is 0 Å². The molecule has 1 aliphatic heterocycles. The molecule has 2 heterocycles. The largest absolute Gasteiger partial charge is 0.338 e. The number of hydrogen-bond donors (Lipinski definition) is 2. The molecule has 0 spiro atoms. The van der Waals surface area contributed by atoms with Gasteiger partial charge >= 0.3 is 6.03 Å². The molecule has 8 heteroatoms. The number of likely N-dealkylation sites (tertiary alicyclic amines) is 1. The summed E-state index contributed by atoms with van der Waals surface area (Å²) in [5.41, 5.74) is 1.93. The molecule has 3 aromatic rings. The summed E-state index contributed by atoms with van der Waals surface area (Å²) in [4.78, 5) is 27.4. The van der Waals surface area contributed by atoms with Gasteiger partial charge in [0.2, 0.25) is 0 Å². The third-order valence-electron chi connectivity index (χ3n) is 6.33. The van der Waals surface area contributed by atoms with Gasteiger partial charge < -0.3 is 10.6 Å². The first-order valence-corrected chi connectivity index (χ1v) is 12.4. The van der Waals surface area contributed by atoms with Gasteiger partial charge in [-0.1, -0.05) is 48.9 Å². The number of carbonyl (C=O) groups is 1. The monoisotopic (exact) mass is 481 g/mol. The van der Waals surface area contributed by atoms with Crippen molar-refractivity contribution in [2.24, 2.45) is 0 Å². The van der Waals surface area contributed by atoms with Gasteiger partial charge in [0.05, 0.1) is 17.6 Å². The van der Waals surface area contributed by atoms with Crippen LogP contribution in [-0.2, 0) is 13.0 Å². The van der Waals surface area contributed by atoms with Gasteiger partial charge in [-0.3, -0.25) is 9.69 Å². The van der Waals surface area contributed by atoms with Crippen LogP contribution < -0.4 is 16.2 Å². The van der Waals surface area contributed by atoms with E-state index in [1.807, 2.05) is 55.5 Å². The Morgan fingerprint density at radius 1 is 1.09 bits per heavy atom. The molecule has 2 amide bonds. The van der Waals surface area contributed by atoms with Gasteiger partial charge in [-0.15, -0.1) is 0 Å². The average molecular weight is 482 g/mol. The summed E-state index contributed by atoms with van der Waals surface area (Å²) in [5.74, 6) is 0. The Morgan fingerprint density at radius 2 is 1.82 bits per heavy atom. The smallest absolute Gasteiger partial charge is 0.314 e. The normalized spacial score (nSPS) is 16.1. The third kappa shape index (κ3) is 5.96. The topological polar surface area (TPSA) is 79.3 Å². The molecular weight excluding hydrogens is 450 g/mol. The van der Waals surface area contributed by atoms with Crippen LogP contribution in [0.4, 0.5) is 4.79 Å². The predicted octanol–water partition coefficient (Wildman–Crippen LogP) is 3.81. The number of fused-ring (bicyclic) bond motifs is 1. The predicted molar refractivity (Wildman–Crippen MR) is 137 cm³/mol. The van der Waals surface area contributed by atoms with Gasteiger partial charge in [0, 0.05) is 42.5 Å². The number of halogens is 1. The summed E-state index contributed by atoms with van der Waals surface area (Å²) in [6.07, 6.45) is 3.63. The van der Waals surface area contributed by atoms with Crippen LogP contribution in [0, 0.1) is 0 Å². The van der Waals surface area contributed by atoms with E-state index < -0.39 is 0 Å². The Morgan fingerprint density at radius 3 is 2.59 bits per heavy atom. The maximum atomic E-state index is 13.3. The first kappa shape index (κ1) is 24.2. The van der Waals surface area contributed by atoms with Crippen LogP contribution in [0.1, 0.15) is 37.4 Å². The fourth-order valence-corrected chi connectivity index (χ4v) is 4.69. The first-order chi connectivity index (χ1) is 16.5. The molecule has 0 radical (unpaired) electrons. The van der Waals surface area contributed by atoms with Crippen LogP contribution in [0.15, 0.2) is 53.3 Å². The Hall–Kier alpha value is -2.90. The number of rotatable bonds is 9. The number of urea groups is 1. The van der Waals surface area contributed by atoms with E-state index in [0.717, 1.165) is 49.0 Å². The molecule has 1 saturated heterocycles. The van der Waals surface area contributed by atoms with Crippen molar-refractivity contribution in [3.63, 3.8) is 0 Å². The Bertz CT molecular complexity index is 1180. The maximum absolute atomic E-state index is 13.3. The lowest BCUT2D eigenvalue weighted by Gasteiger charge is -2.25. The fourth-order valence-electron chi connectivity index (χ4n) is 4.57. The highest BCUT2D eigenvalue weighted by Crippen LogP contribution is 2.21. The number of nitrogens with one attached hydrogen (secondary N) is 2. The van der Waals surface area contributed by atoms with E-state index >= 15 is 0 Å². The molecule has 0 unspecified atom stereocenters. The molecule has 180 valence electrons. The summed E-state index contributed by atoms with van der Waals surface area (Å²) >= 11 is 6.05. The molecule has 0 saturated carbocycles. The van der Waals surface area contributed by atoms with Gasteiger partial charge in [0.15, 0.2) is 0 Å². The van der Waals surface area contributed by atoms with Crippen LogP contribution in [-0.4, -0.2) is 52.9 Å². The summed E-state index contributed by atoms with van der Waals surface area (Å²) in [6.45, 7) is 5.53. The standard InChI is InChI=1S/C26H32ClN5O2/c1-2-13-28-26(34)29-14-16-31-15-5-6-21(31)18-32-25(33)23-8-4-3-7-22(23)24(30-32)17-19-9-11-20(27)12-10-19/h3-4,7-12,21H,2,5-6,13-18H2,1H3,(H2,28,29,34)/t21-/m1/s1. The highest BCUT2D eigenvalue weighted by Gasteiger charge is 2.26. The number of carbonyl (C=O) groups excluding carboxylic acids is 1. The van der Waals surface area contributed by atoms with Crippen molar-refractivity contribution in [1.29, 1.82) is 0 Å². The molecule has 0 bridgehead atoms. The van der Waals surface area contributed by atoms with Crippen molar-refractivity contribution < 1.29 is 4.79 Å². The van der Waals surface area contributed by atoms with Crippen LogP contribution in [0.5, 0.6) is 0 Å². The highest BCUT2D eigenvalue weighted by molar-refractivity contribution is 6.30. The summed E-state index contributed by atoms with van der Waals surface area (Å²) in [7, 11) is 0. The lowest BCUT2D eigenvalue weighted by molar-refractivity contribution is 0.218. The van der Waals surface area contributed by atoms with Crippen molar-refractivity contribution >= 4 is 28.4 Å². The lowest BCUT2D eigenvalue weighted by atomic mass is 10.0. The highest BCUT2D eigenvalue weighted by atomic mass is 35.5. The maximum Gasteiger partial charge on any atom is 0.314 e. The molecule has 1 atom stereocenters. The van der Waals surface area contributed by atoms with E-state index in [4.69, 9.17) is 16.7 Å². The van der Waals surface area contributed by atoms with Crippen molar-refractivity contribution in [3.8, 4) is 0 Å². The summed E-state index contributed by atoms with van der Waals surface area (Å²) in [6, 6.07) is 15.5. The van der Waals surface area contributed by atoms with Crippen LogP contribution in [0.3, 0.4) is 0 Å². The van der Waals surface area contributed by atoms with E-state index in [0.29, 0.717) is 36.5 Å². The van der Waals surface area contributed by atoms with Crippen molar-refractivity contribution in [2.45, 2.75) is 45.2 Å². The van der Waals surface area contributed by atoms with Crippen LogP contribution in [0.2, 0.25) is 5.02 Å². The zero-order valence-corrected chi connectivity index (χ0v) is 20.4. The van der Waals surface area contributed by atoms with Gasteiger partial charge in [-0.05, 0) is 49.6 Å². The molecule has 2 N–H and O–H groups in total. The SMILES string of the molecule is CCCNC(=O)NCCN1CCC[C@@H]1Cn1nc(Cc2ccc(Cl)cc2)c2ccccc2c1=O. The molecule has 7 nitrogen and oxygen atoms in total. The molecule has 4 rings (SSSR count). The van der Waals surface area contributed by atoms with Crippen LogP contribution >= 0.6 is 11.6 Å². The number of amides is 2. The van der Waals surface area contributed by atoms with Gasteiger partial charge in [-0.2, -0.15) is 5.10 Å². The second-order valence-corrected chi connectivity index (χ2v) is 9.23. The van der Waals surface area contributed by atoms with Gasteiger partial charge in [0.25, 0.3) is 5.56 Å². The first-order valence-electron chi connectivity index (χ1n) is 12.0. The molecular formula is C26H32ClN5O2. The number of aromatic nitrogens is 2. The minimum atomic E-state index is -0.128. The Balaban J connectivity index is 1.50. The van der Waals surface area contributed by atoms with Crippen molar-refractivity contribution in [1.82, 2.24) is 25.3 Å². The number of hydrogen-bond acceptors (Lipinski definition) is 4. The Kier molecular flexibility index (Phi) is 8.19. The minimum absolute atomic E-state index is 0.0561. The number of benzene rings is 2. The average Bonchev–Trinajstić information content (AvgIpc) is 3.29. The number of nitrogens with zero attached hydrogens (tertiary/aromatic N) is 3. The van der Waals surface area contributed by atoms with Crippen molar-refractivity contribution in [2.75, 3.05) is 26.2 Å². The summed E-state index contributed by atoms with van der Waals surface area (Å²) < 4.78 is 1.64. The van der Waals surface area contributed by atoms with E-state index in [2.05, 4.69) is 15.5 Å². The minimum Gasteiger partial charge on any atom is -0.338 e. The van der Waals surface area contributed by atoms with Gasteiger partial charge in [-0.25, -0.2) is 9.48 Å². The second-order valence-electron chi connectivity index (χ2n) is 8.80. The van der Waals surface area contributed by atoms with E-state index in [-0.39, 0.29) is 17.6 Å². The zero-order valence-electron chi connectivity index (χ0n) is 19.6. The molecule has 1 aliphatic rings. The molecule has 1 fully saturated rings. The third-order valence-corrected chi connectivity index (χ3v) is 6.58. The van der Waals surface area contributed by atoms with E-state index in [9.17, 15) is 9.59 Å². The van der Waals surface area contributed by atoms with Crippen LogP contribution in [0.25, 0.3) is 10.8 Å². The Labute approximate surface area is 205 Å². The lowest BCUT2D eigenvalue weighted by Crippen LogP contribution is -2.43. The fraction of sp³-hybridized carbons (Fsp3) is 0.423. The second kappa shape index (κ2) is 11.5. The quantitative estimate of drug-likeness (QED) is 0.487. The summed E-state index contributed by atoms with van der Waals surface area (Å²) in [5, 5.41) is 12.9. The molecule has 34 heavy (non-hydrogen) atoms.